The molecular formula is C26H26FN5O2S. The number of hydrogen-bond acceptors (Lipinski definition) is 6. The van der Waals surface area contributed by atoms with Crippen LogP contribution in [0.2, 0.25) is 0 Å². The smallest absolute Gasteiger partial charge is 0.293 e. The molecule has 35 heavy (non-hydrogen) atoms. The van der Waals surface area contributed by atoms with Crippen molar-refractivity contribution in [2.45, 2.75) is 13.5 Å². The van der Waals surface area contributed by atoms with Gasteiger partial charge in [0.15, 0.2) is 5.82 Å². The van der Waals surface area contributed by atoms with E-state index in [0.29, 0.717) is 31.2 Å². The SMILES string of the molecule is CCOc1ccc(CN2CCN(C(=O)c3nc(-c4cccs4)n(-c4ccc(F)cc4)n3)CC2)cc1. The van der Waals surface area contributed by atoms with Gasteiger partial charge in [0.25, 0.3) is 5.91 Å². The summed E-state index contributed by atoms with van der Waals surface area (Å²) < 4.78 is 20.6. The van der Waals surface area contributed by atoms with Crippen molar-refractivity contribution in [2.75, 3.05) is 32.8 Å². The zero-order valence-corrected chi connectivity index (χ0v) is 20.2. The molecule has 0 N–H and O–H groups in total. The normalized spacial score (nSPS) is 14.3. The number of carbonyl (C=O) groups excluding carboxylic acids is 1. The molecule has 3 heterocycles. The average molecular weight is 492 g/mol. The summed E-state index contributed by atoms with van der Waals surface area (Å²) in [5.41, 5.74) is 1.87. The van der Waals surface area contributed by atoms with Crippen LogP contribution in [0.15, 0.2) is 66.0 Å². The molecule has 7 nitrogen and oxygen atoms in total. The Bertz CT molecular complexity index is 1260. The van der Waals surface area contributed by atoms with Crippen LogP contribution in [0.5, 0.6) is 5.75 Å². The molecule has 4 aromatic rings. The summed E-state index contributed by atoms with van der Waals surface area (Å²) in [6.45, 7) is 6.21. The van der Waals surface area contributed by atoms with E-state index in [-0.39, 0.29) is 17.5 Å². The number of ether oxygens (including phenoxy) is 1. The van der Waals surface area contributed by atoms with Gasteiger partial charge in [-0.05, 0) is 60.3 Å². The van der Waals surface area contributed by atoms with Gasteiger partial charge in [0.2, 0.25) is 5.82 Å². The van der Waals surface area contributed by atoms with E-state index in [4.69, 9.17) is 4.74 Å². The molecule has 0 bridgehead atoms. The van der Waals surface area contributed by atoms with Gasteiger partial charge in [-0.15, -0.1) is 16.4 Å². The highest BCUT2D eigenvalue weighted by atomic mass is 32.1. The molecule has 1 fully saturated rings. The van der Waals surface area contributed by atoms with Gasteiger partial charge in [0.05, 0.1) is 17.2 Å². The van der Waals surface area contributed by atoms with Crippen LogP contribution < -0.4 is 4.74 Å². The lowest BCUT2D eigenvalue weighted by atomic mass is 10.2. The van der Waals surface area contributed by atoms with Gasteiger partial charge < -0.3 is 9.64 Å². The summed E-state index contributed by atoms with van der Waals surface area (Å²) in [5, 5.41) is 6.47. The van der Waals surface area contributed by atoms with Crippen LogP contribution in [0.3, 0.4) is 0 Å². The zero-order valence-electron chi connectivity index (χ0n) is 19.4. The largest absolute Gasteiger partial charge is 0.494 e. The molecule has 0 atom stereocenters. The van der Waals surface area contributed by atoms with Gasteiger partial charge in [0, 0.05) is 32.7 Å². The number of rotatable bonds is 7. The second-order valence-corrected chi connectivity index (χ2v) is 9.22. The number of aromatic nitrogens is 3. The molecular weight excluding hydrogens is 465 g/mol. The highest BCUT2D eigenvalue weighted by Gasteiger charge is 2.27. The fourth-order valence-electron chi connectivity index (χ4n) is 4.10. The Kier molecular flexibility index (Phi) is 6.87. The lowest BCUT2D eigenvalue weighted by Crippen LogP contribution is -2.48. The maximum atomic E-state index is 13.5. The van der Waals surface area contributed by atoms with E-state index in [1.807, 2.05) is 36.6 Å². The number of halogens is 1. The van der Waals surface area contributed by atoms with E-state index in [1.165, 1.54) is 29.0 Å². The molecule has 1 amide bonds. The van der Waals surface area contributed by atoms with Crippen molar-refractivity contribution in [3.8, 4) is 22.1 Å². The van der Waals surface area contributed by atoms with Crippen molar-refractivity contribution < 1.29 is 13.9 Å². The third-order valence-corrected chi connectivity index (χ3v) is 6.78. The first-order valence-corrected chi connectivity index (χ1v) is 12.5. The van der Waals surface area contributed by atoms with E-state index in [0.717, 1.165) is 30.3 Å². The summed E-state index contributed by atoms with van der Waals surface area (Å²) in [6.07, 6.45) is 0. The lowest BCUT2D eigenvalue weighted by molar-refractivity contribution is 0.0616. The maximum Gasteiger partial charge on any atom is 0.293 e. The average Bonchev–Trinajstić information content (AvgIpc) is 3.56. The number of carbonyl (C=O) groups is 1. The minimum absolute atomic E-state index is 0.151. The first kappa shape index (κ1) is 23.2. The molecule has 0 spiro atoms. The molecule has 0 saturated carbocycles. The summed E-state index contributed by atoms with van der Waals surface area (Å²) >= 11 is 1.52. The van der Waals surface area contributed by atoms with Gasteiger partial charge >= 0.3 is 0 Å². The van der Waals surface area contributed by atoms with E-state index in [1.54, 1.807) is 21.7 Å². The quantitative estimate of drug-likeness (QED) is 0.381. The second-order valence-electron chi connectivity index (χ2n) is 8.27. The minimum Gasteiger partial charge on any atom is -0.494 e. The van der Waals surface area contributed by atoms with Gasteiger partial charge in [0.1, 0.15) is 11.6 Å². The van der Waals surface area contributed by atoms with Crippen molar-refractivity contribution in [1.29, 1.82) is 0 Å². The number of benzene rings is 2. The third kappa shape index (κ3) is 5.26. The number of nitrogens with zero attached hydrogens (tertiary/aromatic N) is 5. The molecule has 0 radical (unpaired) electrons. The molecule has 0 unspecified atom stereocenters. The molecule has 5 rings (SSSR count). The molecule has 1 aliphatic heterocycles. The summed E-state index contributed by atoms with van der Waals surface area (Å²) in [4.78, 5) is 22.9. The van der Waals surface area contributed by atoms with Gasteiger partial charge in [-0.3, -0.25) is 9.69 Å². The highest BCUT2D eigenvalue weighted by molar-refractivity contribution is 7.13. The Morgan fingerprint density at radius 2 is 1.77 bits per heavy atom. The fourth-order valence-corrected chi connectivity index (χ4v) is 4.80. The standard InChI is InChI=1S/C26H26FN5O2S/c1-2-34-22-11-5-19(6-12-22)18-30-13-15-31(16-14-30)26(33)24-28-25(23-4-3-17-35-23)32(29-24)21-9-7-20(27)8-10-21/h3-12,17H,2,13-16,18H2,1H3. The molecule has 0 aliphatic carbocycles. The first-order valence-electron chi connectivity index (χ1n) is 11.6. The van der Waals surface area contributed by atoms with Crippen molar-refractivity contribution in [3.05, 3.63) is 83.2 Å². The summed E-state index contributed by atoms with van der Waals surface area (Å²) in [6, 6.07) is 18.0. The lowest BCUT2D eigenvalue weighted by Gasteiger charge is -2.34. The summed E-state index contributed by atoms with van der Waals surface area (Å²) in [7, 11) is 0. The Balaban J connectivity index is 1.27. The zero-order chi connectivity index (χ0) is 24.2. The van der Waals surface area contributed by atoms with Crippen molar-refractivity contribution in [2.24, 2.45) is 0 Å². The number of piperazine rings is 1. The van der Waals surface area contributed by atoms with Crippen LogP contribution in [0.25, 0.3) is 16.4 Å². The molecule has 180 valence electrons. The molecule has 2 aromatic heterocycles. The van der Waals surface area contributed by atoms with E-state index in [2.05, 4.69) is 27.1 Å². The molecule has 2 aromatic carbocycles. The van der Waals surface area contributed by atoms with Crippen LogP contribution >= 0.6 is 11.3 Å². The molecule has 9 heteroatoms. The molecule has 1 aliphatic rings. The maximum absolute atomic E-state index is 13.5. The van der Waals surface area contributed by atoms with Gasteiger partial charge in [-0.2, -0.15) is 0 Å². The van der Waals surface area contributed by atoms with Crippen LogP contribution in [-0.4, -0.2) is 63.3 Å². The Labute approximate surface area is 207 Å². The van der Waals surface area contributed by atoms with Gasteiger partial charge in [-0.25, -0.2) is 14.1 Å². The van der Waals surface area contributed by atoms with Crippen molar-refractivity contribution in [3.63, 3.8) is 0 Å². The van der Waals surface area contributed by atoms with Crippen LogP contribution in [-0.2, 0) is 6.54 Å². The third-order valence-electron chi connectivity index (χ3n) is 5.91. The van der Waals surface area contributed by atoms with Crippen molar-refractivity contribution in [1.82, 2.24) is 24.6 Å². The van der Waals surface area contributed by atoms with Gasteiger partial charge in [-0.1, -0.05) is 18.2 Å². The Morgan fingerprint density at radius 1 is 1.03 bits per heavy atom. The number of hydrogen-bond donors (Lipinski definition) is 0. The highest BCUT2D eigenvalue weighted by Crippen LogP contribution is 2.26. The van der Waals surface area contributed by atoms with Crippen LogP contribution in [0.4, 0.5) is 4.39 Å². The van der Waals surface area contributed by atoms with E-state index >= 15 is 0 Å². The number of thiophene rings is 1. The second kappa shape index (κ2) is 10.4. The van der Waals surface area contributed by atoms with Crippen LogP contribution in [0, 0.1) is 5.82 Å². The van der Waals surface area contributed by atoms with Crippen molar-refractivity contribution >= 4 is 17.2 Å². The van der Waals surface area contributed by atoms with E-state index < -0.39 is 0 Å². The summed E-state index contributed by atoms with van der Waals surface area (Å²) in [5.74, 6) is 1.08. The predicted molar refractivity (Wildman–Crippen MR) is 133 cm³/mol. The van der Waals surface area contributed by atoms with Crippen LogP contribution in [0.1, 0.15) is 23.1 Å². The number of amides is 1. The van der Waals surface area contributed by atoms with E-state index in [9.17, 15) is 9.18 Å². The topological polar surface area (TPSA) is 63.5 Å². The first-order chi connectivity index (χ1) is 17.1. The Morgan fingerprint density at radius 3 is 2.43 bits per heavy atom. The monoisotopic (exact) mass is 491 g/mol. The Hall–Kier alpha value is -3.56. The molecule has 1 saturated heterocycles. The fraction of sp³-hybridized carbons (Fsp3) is 0.269. The predicted octanol–water partition coefficient (Wildman–Crippen LogP) is 4.49. The minimum atomic E-state index is -0.328.